The molecule has 1 rings (SSSR count). The van der Waals surface area contributed by atoms with Gasteiger partial charge in [-0.1, -0.05) is 36.4 Å². The van der Waals surface area contributed by atoms with Crippen molar-refractivity contribution in [2.24, 2.45) is 0 Å². The molecular weight excluding hydrogens is 202 g/mol. The summed E-state index contributed by atoms with van der Waals surface area (Å²) in [6, 6.07) is 7.92. The van der Waals surface area contributed by atoms with Gasteiger partial charge in [0.15, 0.2) is 0 Å². The highest BCUT2D eigenvalue weighted by Gasteiger charge is 1.98. The van der Waals surface area contributed by atoms with Crippen LogP contribution in [0.25, 0.3) is 6.08 Å². The number of nitrogens with zero attached hydrogens (tertiary/aromatic N) is 1. The average molecular weight is 217 g/mol. The minimum atomic E-state index is -0.939. The van der Waals surface area contributed by atoms with Gasteiger partial charge in [0.2, 0.25) is 0 Å². The summed E-state index contributed by atoms with van der Waals surface area (Å²) >= 11 is 0. The first kappa shape index (κ1) is 12.0. The Kier molecular flexibility index (Phi) is 4.33. The molecule has 0 aliphatic rings. The summed E-state index contributed by atoms with van der Waals surface area (Å²) in [6.07, 6.45) is 6.22. The lowest BCUT2D eigenvalue weighted by atomic mass is 10.1. The van der Waals surface area contributed by atoms with E-state index in [9.17, 15) is 4.79 Å². The largest absolute Gasteiger partial charge is 0.478 e. The van der Waals surface area contributed by atoms with E-state index in [-0.39, 0.29) is 0 Å². The van der Waals surface area contributed by atoms with Crippen molar-refractivity contribution >= 4 is 17.7 Å². The summed E-state index contributed by atoms with van der Waals surface area (Å²) in [4.78, 5) is 12.3. The molecule has 0 radical (unpaired) electrons. The Morgan fingerprint density at radius 3 is 2.56 bits per heavy atom. The van der Waals surface area contributed by atoms with Crippen molar-refractivity contribution in [3.8, 4) is 0 Å². The van der Waals surface area contributed by atoms with E-state index in [1.165, 1.54) is 6.08 Å². The number of rotatable bonds is 4. The van der Waals surface area contributed by atoms with Gasteiger partial charge in [-0.25, -0.2) is 4.79 Å². The molecule has 0 fully saturated rings. The monoisotopic (exact) mass is 217 g/mol. The van der Waals surface area contributed by atoms with Crippen LogP contribution in [0, 0.1) is 0 Å². The highest BCUT2D eigenvalue weighted by Crippen LogP contribution is 2.19. The number of anilines is 1. The molecule has 1 aromatic rings. The number of carboxylic acid groups (broad SMARTS) is 1. The number of hydrogen-bond donors (Lipinski definition) is 1. The molecule has 84 valence electrons. The van der Waals surface area contributed by atoms with Crippen molar-refractivity contribution in [2.45, 2.75) is 0 Å². The van der Waals surface area contributed by atoms with E-state index in [4.69, 9.17) is 5.11 Å². The fourth-order valence-corrected chi connectivity index (χ4v) is 1.33. The Morgan fingerprint density at radius 1 is 1.25 bits per heavy atom. The van der Waals surface area contributed by atoms with Crippen molar-refractivity contribution in [1.29, 1.82) is 0 Å². The molecule has 1 N–H and O–H groups in total. The van der Waals surface area contributed by atoms with Gasteiger partial charge in [0, 0.05) is 25.9 Å². The van der Waals surface area contributed by atoms with Crippen LogP contribution in [-0.2, 0) is 4.79 Å². The van der Waals surface area contributed by atoms with Crippen molar-refractivity contribution < 1.29 is 9.90 Å². The smallest absolute Gasteiger partial charge is 0.328 e. The minimum Gasteiger partial charge on any atom is -0.478 e. The highest BCUT2D eigenvalue weighted by molar-refractivity contribution is 5.80. The fraction of sp³-hybridized carbons (Fsp3) is 0.154. The van der Waals surface area contributed by atoms with E-state index in [0.29, 0.717) is 0 Å². The van der Waals surface area contributed by atoms with Crippen molar-refractivity contribution in [3.63, 3.8) is 0 Å². The standard InChI is InChI=1S/C13H15NO2/c1-14(2)12-9-5-3-7-11(12)8-4-6-10-13(15)16/h3-10H,1-2H3,(H,15,16)/b8-4+,10-6+. The van der Waals surface area contributed by atoms with Crippen LogP contribution in [0.3, 0.4) is 0 Å². The molecule has 0 bridgehead atoms. The van der Waals surface area contributed by atoms with E-state index in [1.807, 2.05) is 49.3 Å². The number of aliphatic carboxylic acids is 1. The molecule has 0 unspecified atom stereocenters. The third-order valence-electron chi connectivity index (χ3n) is 2.04. The predicted molar refractivity (Wildman–Crippen MR) is 66.6 cm³/mol. The number of benzene rings is 1. The molecule has 0 heterocycles. The zero-order valence-corrected chi connectivity index (χ0v) is 9.42. The van der Waals surface area contributed by atoms with Gasteiger partial charge < -0.3 is 10.0 Å². The van der Waals surface area contributed by atoms with Crippen molar-refractivity contribution in [3.05, 3.63) is 48.1 Å². The van der Waals surface area contributed by atoms with Gasteiger partial charge in [-0.15, -0.1) is 0 Å². The molecule has 3 nitrogen and oxygen atoms in total. The summed E-state index contributed by atoms with van der Waals surface area (Å²) in [5.74, 6) is -0.939. The minimum absolute atomic E-state index is 0.939. The van der Waals surface area contributed by atoms with Crippen LogP contribution in [0.15, 0.2) is 42.5 Å². The third kappa shape index (κ3) is 3.61. The van der Waals surface area contributed by atoms with E-state index < -0.39 is 5.97 Å². The zero-order valence-electron chi connectivity index (χ0n) is 9.42. The van der Waals surface area contributed by atoms with Gasteiger partial charge in [-0.3, -0.25) is 0 Å². The first-order valence-corrected chi connectivity index (χ1v) is 4.95. The predicted octanol–water partition coefficient (Wildman–Crippen LogP) is 2.41. The van der Waals surface area contributed by atoms with Crippen molar-refractivity contribution in [2.75, 3.05) is 19.0 Å². The van der Waals surface area contributed by atoms with Gasteiger partial charge in [0.05, 0.1) is 0 Å². The Hall–Kier alpha value is -2.03. The average Bonchev–Trinajstić information content (AvgIpc) is 2.24. The van der Waals surface area contributed by atoms with Gasteiger partial charge in [0.25, 0.3) is 0 Å². The second-order valence-electron chi connectivity index (χ2n) is 3.51. The molecule has 0 saturated heterocycles. The maximum absolute atomic E-state index is 10.3. The first-order valence-electron chi connectivity index (χ1n) is 4.95. The summed E-state index contributed by atoms with van der Waals surface area (Å²) in [5.41, 5.74) is 2.16. The van der Waals surface area contributed by atoms with Gasteiger partial charge >= 0.3 is 5.97 Å². The summed E-state index contributed by atoms with van der Waals surface area (Å²) in [7, 11) is 3.94. The normalized spacial score (nSPS) is 11.1. The van der Waals surface area contributed by atoms with Crippen LogP contribution in [0.2, 0.25) is 0 Å². The molecule has 3 heteroatoms. The Morgan fingerprint density at radius 2 is 1.94 bits per heavy atom. The first-order chi connectivity index (χ1) is 7.61. The van der Waals surface area contributed by atoms with Crippen LogP contribution in [-0.4, -0.2) is 25.2 Å². The van der Waals surface area contributed by atoms with Crippen LogP contribution in [0.5, 0.6) is 0 Å². The maximum Gasteiger partial charge on any atom is 0.328 e. The molecule has 0 aliphatic carbocycles. The SMILES string of the molecule is CN(C)c1ccccc1/C=C/C=C/C(=O)O. The molecule has 0 spiro atoms. The second kappa shape index (κ2) is 5.75. The lowest BCUT2D eigenvalue weighted by Crippen LogP contribution is -2.09. The molecule has 0 aromatic heterocycles. The number of para-hydroxylation sites is 1. The maximum atomic E-state index is 10.3. The third-order valence-corrected chi connectivity index (χ3v) is 2.04. The molecule has 1 aromatic carbocycles. The van der Waals surface area contributed by atoms with Gasteiger partial charge in [-0.05, 0) is 11.6 Å². The lowest BCUT2D eigenvalue weighted by Gasteiger charge is -2.14. The highest BCUT2D eigenvalue weighted by atomic mass is 16.4. The molecule has 0 saturated carbocycles. The molecule has 0 aliphatic heterocycles. The second-order valence-corrected chi connectivity index (χ2v) is 3.51. The number of carbonyl (C=O) groups is 1. The van der Waals surface area contributed by atoms with Crippen LogP contribution in [0.4, 0.5) is 5.69 Å². The number of allylic oxidation sites excluding steroid dienone is 2. The van der Waals surface area contributed by atoms with Crippen LogP contribution < -0.4 is 4.90 Å². The number of hydrogen-bond acceptors (Lipinski definition) is 2. The summed E-state index contributed by atoms with van der Waals surface area (Å²) < 4.78 is 0. The number of carboxylic acids is 1. The van der Waals surface area contributed by atoms with E-state index in [0.717, 1.165) is 17.3 Å². The van der Waals surface area contributed by atoms with E-state index >= 15 is 0 Å². The van der Waals surface area contributed by atoms with Crippen LogP contribution >= 0.6 is 0 Å². The topological polar surface area (TPSA) is 40.5 Å². The molecular formula is C13H15NO2. The summed E-state index contributed by atoms with van der Waals surface area (Å²) in [6.45, 7) is 0. The summed E-state index contributed by atoms with van der Waals surface area (Å²) in [5, 5.41) is 8.42. The fourth-order valence-electron chi connectivity index (χ4n) is 1.33. The molecule has 0 atom stereocenters. The van der Waals surface area contributed by atoms with E-state index in [2.05, 4.69) is 0 Å². The van der Waals surface area contributed by atoms with Gasteiger partial charge in [-0.2, -0.15) is 0 Å². The molecule has 0 amide bonds. The van der Waals surface area contributed by atoms with Gasteiger partial charge in [0.1, 0.15) is 0 Å². The molecule has 16 heavy (non-hydrogen) atoms. The Labute approximate surface area is 95.3 Å². The Bertz CT molecular complexity index is 420. The van der Waals surface area contributed by atoms with Crippen molar-refractivity contribution in [1.82, 2.24) is 0 Å². The quantitative estimate of drug-likeness (QED) is 0.622. The lowest BCUT2D eigenvalue weighted by molar-refractivity contribution is -0.131. The van der Waals surface area contributed by atoms with E-state index in [1.54, 1.807) is 6.08 Å². The Balaban J connectivity index is 2.84. The van der Waals surface area contributed by atoms with Crippen LogP contribution in [0.1, 0.15) is 5.56 Å². The zero-order chi connectivity index (χ0) is 12.0.